The standard InChI is InChI=1S/C19H20N2O2S/c1-23-17-7-3-2-6-14(17)13-21-15-8-11-24-18(15)12-16(21)19(22)20-9-4-5-10-20/h2-3,6-8,11-12H,4-5,9-10,13H2,1H3. The third-order valence-electron chi connectivity index (χ3n) is 4.66. The van der Waals surface area contributed by atoms with Gasteiger partial charge in [-0.2, -0.15) is 0 Å². The van der Waals surface area contributed by atoms with Gasteiger partial charge in [-0.1, -0.05) is 18.2 Å². The summed E-state index contributed by atoms with van der Waals surface area (Å²) in [7, 11) is 1.69. The Morgan fingerprint density at radius 3 is 2.79 bits per heavy atom. The fourth-order valence-electron chi connectivity index (χ4n) is 3.41. The molecule has 0 radical (unpaired) electrons. The number of para-hydroxylation sites is 1. The zero-order valence-corrected chi connectivity index (χ0v) is 14.5. The molecule has 0 spiro atoms. The second kappa shape index (κ2) is 6.32. The van der Waals surface area contributed by atoms with Crippen LogP contribution in [0.2, 0.25) is 0 Å². The second-order valence-corrected chi connectivity index (χ2v) is 7.04. The van der Waals surface area contributed by atoms with E-state index in [-0.39, 0.29) is 5.91 Å². The van der Waals surface area contributed by atoms with Crippen LogP contribution in [0.1, 0.15) is 28.9 Å². The Morgan fingerprint density at radius 1 is 1.21 bits per heavy atom. The van der Waals surface area contributed by atoms with Crippen molar-refractivity contribution in [2.24, 2.45) is 0 Å². The minimum atomic E-state index is 0.144. The van der Waals surface area contributed by atoms with Crippen LogP contribution >= 0.6 is 11.3 Å². The fourth-order valence-corrected chi connectivity index (χ4v) is 4.23. The summed E-state index contributed by atoms with van der Waals surface area (Å²) in [5, 5.41) is 2.08. The average Bonchev–Trinajstić information content (AvgIpc) is 3.33. The van der Waals surface area contributed by atoms with Gasteiger partial charge in [0.05, 0.1) is 23.9 Å². The van der Waals surface area contributed by atoms with Crippen LogP contribution in [0.3, 0.4) is 0 Å². The molecule has 3 aromatic rings. The number of nitrogens with zero attached hydrogens (tertiary/aromatic N) is 2. The first-order valence-corrected chi connectivity index (χ1v) is 9.14. The molecule has 1 aliphatic rings. The van der Waals surface area contributed by atoms with Crippen LogP contribution in [0.5, 0.6) is 5.75 Å². The third kappa shape index (κ3) is 2.59. The Bertz CT molecular complexity index is 875. The molecule has 3 heterocycles. The van der Waals surface area contributed by atoms with Crippen molar-refractivity contribution in [3.05, 3.63) is 53.0 Å². The van der Waals surface area contributed by atoms with E-state index in [0.29, 0.717) is 6.54 Å². The molecule has 0 N–H and O–H groups in total. The predicted molar refractivity (Wildman–Crippen MR) is 97.0 cm³/mol. The Hall–Kier alpha value is -2.27. The van der Waals surface area contributed by atoms with E-state index in [1.54, 1.807) is 18.4 Å². The van der Waals surface area contributed by atoms with Crippen molar-refractivity contribution in [1.82, 2.24) is 9.47 Å². The quantitative estimate of drug-likeness (QED) is 0.719. The first kappa shape index (κ1) is 15.3. The van der Waals surface area contributed by atoms with E-state index >= 15 is 0 Å². The van der Waals surface area contributed by atoms with Gasteiger partial charge in [0.15, 0.2) is 0 Å². The summed E-state index contributed by atoms with van der Waals surface area (Å²) >= 11 is 1.68. The minimum absolute atomic E-state index is 0.144. The van der Waals surface area contributed by atoms with Crippen molar-refractivity contribution < 1.29 is 9.53 Å². The van der Waals surface area contributed by atoms with Crippen LogP contribution in [0.15, 0.2) is 41.8 Å². The summed E-state index contributed by atoms with van der Waals surface area (Å²) in [6.07, 6.45) is 2.21. The number of likely N-dealkylation sites (tertiary alicyclic amines) is 1. The molecule has 5 heteroatoms. The number of fused-ring (bicyclic) bond motifs is 1. The van der Waals surface area contributed by atoms with Crippen LogP contribution in [0, 0.1) is 0 Å². The first-order valence-electron chi connectivity index (χ1n) is 8.26. The zero-order valence-electron chi connectivity index (χ0n) is 13.7. The van der Waals surface area contributed by atoms with Crippen molar-refractivity contribution in [1.29, 1.82) is 0 Å². The highest BCUT2D eigenvalue weighted by Crippen LogP contribution is 2.29. The SMILES string of the molecule is COc1ccccc1Cn1c(C(=O)N2CCCC2)cc2sccc21. The second-order valence-electron chi connectivity index (χ2n) is 6.10. The van der Waals surface area contributed by atoms with E-state index in [2.05, 4.69) is 22.1 Å². The molecule has 0 aliphatic carbocycles. The molecule has 1 saturated heterocycles. The van der Waals surface area contributed by atoms with Gasteiger partial charge in [-0.15, -0.1) is 11.3 Å². The highest BCUT2D eigenvalue weighted by Gasteiger charge is 2.24. The number of rotatable bonds is 4. The highest BCUT2D eigenvalue weighted by molar-refractivity contribution is 7.17. The lowest BCUT2D eigenvalue weighted by molar-refractivity contribution is 0.0783. The van der Waals surface area contributed by atoms with Crippen molar-refractivity contribution in [3.8, 4) is 5.75 Å². The summed E-state index contributed by atoms with van der Waals surface area (Å²) in [6, 6.07) is 12.1. The van der Waals surface area contributed by atoms with Gasteiger partial charge >= 0.3 is 0 Å². The molecule has 1 fully saturated rings. The van der Waals surface area contributed by atoms with Gasteiger partial charge in [-0.3, -0.25) is 4.79 Å². The minimum Gasteiger partial charge on any atom is -0.496 e. The Balaban J connectivity index is 1.76. The normalized spacial score (nSPS) is 14.5. The molecule has 0 atom stereocenters. The molecular weight excluding hydrogens is 320 g/mol. The molecule has 124 valence electrons. The van der Waals surface area contributed by atoms with E-state index in [9.17, 15) is 4.79 Å². The largest absolute Gasteiger partial charge is 0.496 e. The van der Waals surface area contributed by atoms with E-state index in [1.165, 1.54) is 0 Å². The third-order valence-corrected chi connectivity index (χ3v) is 5.51. The molecule has 0 bridgehead atoms. The summed E-state index contributed by atoms with van der Waals surface area (Å²) in [4.78, 5) is 14.9. The summed E-state index contributed by atoms with van der Waals surface area (Å²) < 4.78 is 8.77. The van der Waals surface area contributed by atoms with Crippen molar-refractivity contribution in [2.45, 2.75) is 19.4 Å². The summed E-state index contributed by atoms with van der Waals surface area (Å²) in [6.45, 7) is 2.37. The number of carbonyl (C=O) groups excluding carboxylic acids is 1. The van der Waals surface area contributed by atoms with Crippen LogP contribution in [0.4, 0.5) is 0 Å². The number of amides is 1. The summed E-state index contributed by atoms with van der Waals surface area (Å²) in [5.74, 6) is 1.000. The van der Waals surface area contributed by atoms with Crippen molar-refractivity contribution >= 4 is 27.5 Å². The topological polar surface area (TPSA) is 34.5 Å². The van der Waals surface area contributed by atoms with E-state index in [4.69, 9.17) is 4.74 Å². The molecule has 1 aromatic carbocycles. The van der Waals surface area contributed by atoms with Gasteiger partial charge < -0.3 is 14.2 Å². The van der Waals surface area contributed by atoms with Crippen molar-refractivity contribution in [3.63, 3.8) is 0 Å². The number of hydrogen-bond acceptors (Lipinski definition) is 3. The number of thiophene rings is 1. The molecule has 4 nitrogen and oxygen atoms in total. The maximum absolute atomic E-state index is 13.0. The van der Waals surface area contributed by atoms with E-state index < -0.39 is 0 Å². The van der Waals surface area contributed by atoms with E-state index in [0.717, 1.165) is 53.2 Å². The Morgan fingerprint density at radius 2 is 2.00 bits per heavy atom. The summed E-state index contributed by atoms with van der Waals surface area (Å²) in [5.41, 5.74) is 2.98. The van der Waals surface area contributed by atoms with Crippen LogP contribution in [-0.4, -0.2) is 35.6 Å². The molecule has 24 heavy (non-hydrogen) atoms. The number of methoxy groups -OCH3 is 1. The monoisotopic (exact) mass is 340 g/mol. The molecule has 1 amide bonds. The number of aromatic nitrogens is 1. The van der Waals surface area contributed by atoms with Crippen LogP contribution in [-0.2, 0) is 6.54 Å². The highest BCUT2D eigenvalue weighted by atomic mass is 32.1. The van der Waals surface area contributed by atoms with Crippen LogP contribution in [0.25, 0.3) is 10.2 Å². The van der Waals surface area contributed by atoms with Gasteiger partial charge in [-0.05, 0) is 36.4 Å². The average molecular weight is 340 g/mol. The molecule has 0 saturated carbocycles. The zero-order chi connectivity index (χ0) is 16.5. The first-order chi connectivity index (χ1) is 11.8. The number of ether oxygens (including phenoxy) is 1. The van der Waals surface area contributed by atoms with Gasteiger partial charge in [0.1, 0.15) is 11.4 Å². The number of benzene rings is 1. The van der Waals surface area contributed by atoms with E-state index in [1.807, 2.05) is 29.2 Å². The van der Waals surface area contributed by atoms with Crippen LogP contribution < -0.4 is 4.74 Å². The van der Waals surface area contributed by atoms with Gasteiger partial charge in [0, 0.05) is 18.7 Å². The molecule has 2 aromatic heterocycles. The van der Waals surface area contributed by atoms with Gasteiger partial charge in [0.25, 0.3) is 5.91 Å². The lowest BCUT2D eigenvalue weighted by Gasteiger charge is -2.18. The molecule has 0 unspecified atom stereocenters. The number of hydrogen-bond donors (Lipinski definition) is 0. The fraction of sp³-hybridized carbons (Fsp3) is 0.316. The lowest BCUT2D eigenvalue weighted by Crippen LogP contribution is -2.29. The smallest absolute Gasteiger partial charge is 0.270 e. The van der Waals surface area contributed by atoms with Crippen molar-refractivity contribution in [2.75, 3.05) is 20.2 Å². The Kier molecular flexibility index (Phi) is 4.02. The lowest BCUT2D eigenvalue weighted by atomic mass is 10.2. The number of carbonyl (C=O) groups is 1. The van der Waals surface area contributed by atoms with Gasteiger partial charge in [0.2, 0.25) is 0 Å². The van der Waals surface area contributed by atoms with Gasteiger partial charge in [-0.25, -0.2) is 0 Å². The Labute approximate surface area is 145 Å². The predicted octanol–water partition coefficient (Wildman–Crippen LogP) is 4.00. The molecule has 1 aliphatic heterocycles. The maximum Gasteiger partial charge on any atom is 0.270 e. The molecular formula is C19H20N2O2S. The maximum atomic E-state index is 13.0. The molecule has 4 rings (SSSR count).